The van der Waals surface area contributed by atoms with Gasteiger partial charge in [-0.15, -0.1) is 0 Å². The van der Waals surface area contributed by atoms with Crippen molar-refractivity contribution < 1.29 is 24.4 Å². The van der Waals surface area contributed by atoms with Gasteiger partial charge in [0.05, 0.1) is 6.61 Å². The number of nitrogens with two attached hydrogens (primary N) is 1. The number of rotatable bonds is 4. The third kappa shape index (κ3) is 2.47. The SMILES string of the molecule is CCOC(=O)[C@]1(C)[NH2+][C@H](c2ccccc2C)[C@H]2C(=O)N(CC)C(=O)[C@@H]21. The predicted molar refractivity (Wildman–Crippen MR) is 90.3 cm³/mol. The zero-order chi connectivity index (χ0) is 18.4. The lowest BCUT2D eigenvalue weighted by atomic mass is 9.80. The van der Waals surface area contributed by atoms with Crippen molar-refractivity contribution in [3.8, 4) is 0 Å². The van der Waals surface area contributed by atoms with Crippen molar-refractivity contribution in [2.45, 2.75) is 39.3 Å². The van der Waals surface area contributed by atoms with E-state index in [2.05, 4.69) is 0 Å². The van der Waals surface area contributed by atoms with E-state index >= 15 is 0 Å². The van der Waals surface area contributed by atoms with E-state index < -0.39 is 23.3 Å². The molecule has 25 heavy (non-hydrogen) atoms. The molecule has 2 N–H and O–H groups in total. The highest BCUT2D eigenvalue weighted by Crippen LogP contribution is 2.44. The van der Waals surface area contributed by atoms with E-state index in [9.17, 15) is 14.4 Å². The van der Waals surface area contributed by atoms with Gasteiger partial charge in [-0.3, -0.25) is 14.5 Å². The van der Waals surface area contributed by atoms with E-state index in [1.54, 1.807) is 20.8 Å². The number of fused-ring (bicyclic) bond motifs is 1. The summed E-state index contributed by atoms with van der Waals surface area (Å²) in [4.78, 5) is 39.8. The molecule has 3 rings (SSSR count). The van der Waals surface area contributed by atoms with E-state index in [1.807, 2.05) is 36.5 Å². The molecule has 6 heteroatoms. The minimum absolute atomic E-state index is 0.185. The molecule has 0 unspecified atom stereocenters. The highest BCUT2D eigenvalue weighted by atomic mass is 16.5. The lowest BCUT2D eigenvalue weighted by Gasteiger charge is -2.26. The first-order valence-corrected chi connectivity index (χ1v) is 8.80. The third-order valence-corrected chi connectivity index (χ3v) is 5.58. The van der Waals surface area contributed by atoms with Gasteiger partial charge in [0.25, 0.3) is 0 Å². The molecular weight excluding hydrogens is 320 g/mol. The van der Waals surface area contributed by atoms with Gasteiger partial charge in [0, 0.05) is 19.0 Å². The molecule has 1 aromatic carbocycles. The fraction of sp³-hybridized carbons (Fsp3) is 0.526. The maximum absolute atomic E-state index is 12.9. The van der Waals surface area contributed by atoms with Crippen LogP contribution in [0.4, 0.5) is 0 Å². The van der Waals surface area contributed by atoms with Crippen molar-refractivity contribution in [3.63, 3.8) is 0 Å². The van der Waals surface area contributed by atoms with Crippen LogP contribution >= 0.6 is 0 Å². The molecular formula is C19H25N2O4+. The topological polar surface area (TPSA) is 80.3 Å². The minimum Gasteiger partial charge on any atom is -0.461 e. The smallest absolute Gasteiger partial charge is 0.368 e. The average molecular weight is 345 g/mol. The van der Waals surface area contributed by atoms with E-state index in [0.717, 1.165) is 11.1 Å². The summed E-state index contributed by atoms with van der Waals surface area (Å²) in [5.41, 5.74) is 0.944. The van der Waals surface area contributed by atoms with E-state index in [0.29, 0.717) is 6.54 Å². The fourth-order valence-corrected chi connectivity index (χ4v) is 4.36. The number of nitrogens with zero attached hydrogens (tertiary/aromatic N) is 1. The second-order valence-electron chi connectivity index (χ2n) is 6.98. The summed E-state index contributed by atoms with van der Waals surface area (Å²) in [6.07, 6.45) is 0. The normalized spacial score (nSPS) is 31.4. The van der Waals surface area contributed by atoms with Crippen LogP contribution < -0.4 is 5.32 Å². The van der Waals surface area contributed by atoms with Crippen molar-refractivity contribution in [1.82, 2.24) is 4.90 Å². The van der Waals surface area contributed by atoms with Gasteiger partial charge in [0.1, 0.15) is 17.9 Å². The second-order valence-corrected chi connectivity index (χ2v) is 6.98. The van der Waals surface area contributed by atoms with Gasteiger partial charge < -0.3 is 10.1 Å². The van der Waals surface area contributed by atoms with Gasteiger partial charge in [0.2, 0.25) is 17.4 Å². The Hall–Kier alpha value is -2.21. The lowest BCUT2D eigenvalue weighted by Crippen LogP contribution is -2.97. The molecule has 6 nitrogen and oxygen atoms in total. The number of hydrogen-bond donors (Lipinski definition) is 1. The van der Waals surface area contributed by atoms with Crippen LogP contribution in [-0.2, 0) is 19.1 Å². The summed E-state index contributed by atoms with van der Waals surface area (Å²) in [5.74, 6) is -2.11. The van der Waals surface area contributed by atoms with E-state index in [4.69, 9.17) is 4.74 Å². The van der Waals surface area contributed by atoms with E-state index in [1.165, 1.54) is 4.90 Å². The van der Waals surface area contributed by atoms with Gasteiger partial charge in [-0.05, 0) is 26.3 Å². The van der Waals surface area contributed by atoms with Gasteiger partial charge in [0.15, 0.2) is 0 Å². The van der Waals surface area contributed by atoms with Crippen molar-refractivity contribution >= 4 is 17.8 Å². The molecule has 2 amide bonds. The van der Waals surface area contributed by atoms with Crippen LogP contribution in [0.1, 0.15) is 37.9 Å². The van der Waals surface area contributed by atoms with Crippen LogP contribution in [0, 0.1) is 18.8 Å². The van der Waals surface area contributed by atoms with Crippen molar-refractivity contribution in [1.29, 1.82) is 0 Å². The van der Waals surface area contributed by atoms with Crippen LogP contribution in [0.2, 0.25) is 0 Å². The maximum atomic E-state index is 12.9. The molecule has 0 aliphatic carbocycles. The number of ether oxygens (including phenoxy) is 1. The minimum atomic E-state index is -1.09. The maximum Gasteiger partial charge on any atom is 0.368 e. The Labute approximate surface area is 147 Å². The summed E-state index contributed by atoms with van der Waals surface area (Å²) in [7, 11) is 0. The number of imide groups is 1. The monoisotopic (exact) mass is 345 g/mol. The molecule has 2 heterocycles. The van der Waals surface area contributed by atoms with Crippen molar-refractivity contribution in [2.75, 3.05) is 13.2 Å². The first kappa shape index (κ1) is 17.6. The highest BCUT2D eigenvalue weighted by Gasteiger charge is 2.70. The number of esters is 1. The molecule has 0 aromatic heterocycles. The number of likely N-dealkylation sites (tertiary alicyclic amines) is 1. The summed E-state index contributed by atoms with van der Waals surface area (Å²) in [6.45, 7) is 7.80. The molecule has 1 aromatic rings. The molecule has 4 atom stereocenters. The van der Waals surface area contributed by atoms with Gasteiger partial charge in [-0.2, -0.15) is 0 Å². The molecule has 0 bridgehead atoms. The quantitative estimate of drug-likeness (QED) is 0.639. The summed E-state index contributed by atoms with van der Waals surface area (Å²) in [6, 6.07) is 7.54. The van der Waals surface area contributed by atoms with Crippen LogP contribution in [0.3, 0.4) is 0 Å². The van der Waals surface area contributed by atoms with Crippen LogP contribution in [0.15, 0.2) is 24.3 Å². The molecule has 2 aliphatic heterocycles. The first-order chi connectivity index (χ1) is 11.9. The van der Waals surface area contributed by atoms with E-state index in [-0.39, 0.29) is 24.5 Å². The molecule has 2 saturated heterocycles. The number of amides is 2. The first-order valence-electron chi connectivity index (χ1n) is 8.80. The second kappa shape index (κ2) is 6.26. The number of carbonyl (C=O) groups excluding carboxylic acids is 3. The van der Waals surface area contributed by atoms with Crippen LogP contribution in [-0.4, -0.2) is 41.4 Å². The summed E-state index contributed by atoms with van der Waals surface area (Å²) >= 11 is 0. The largest absolute Gasteiger partial charge is 0.461 e. The van der Waals surface area contributed by atoms with Gasteiger partial charge in [-0.1, -0.05) is 24.3 Å². The number of carbonyl (C=O) groups is 3. The van der Waals surface area contributed by atoms with Gasteiger partial charge >= 0.3 is 5.97 Å². The zero-order valence-electron chi connectivity index (χ0n) is 15.1. The Morgan fingerprint density at radius 3 is 2.52 bits per heavy atom. The third-order valence-electron chi connectivity index (χ3n) is 5.58. The standard InChI is InChI=1S/C19H24N2O4/c1-5-21-16(22)13-14(17(21)23)19(4,18(24)25-6-2)20-15(13)12-10-8-7-9-11(12)3/h7-10,13-15,20H,5-6H2,1-4H3/p+1/t13-,14+,15+,19+/m0/s1. The molecule has 0 saturated carbocycles. The lowest BCUT2D eigenvalue weighted by molar-refractivity contribution is -0.731. The predicted octanol–water partition coefficient (Wildman–Crippen LogP) is 0.556. The Morgan fingerprint density at radius 2 is 1.92 bits per heavy atom. The summed E-state index contributed by atoms with van der Waals surface area (Å²) in [5, 5.41) is 1.87. The number of benzene rings is 1. The summed E-state index contributed by atoms with van der Waals surface area (Å²) < 4.78 is 5.25. The molecule has 2 fully saturated rings. The number of quaternary nitrogens is 1. The Kier molecular flexibility index (Phi) is 4.41. The van der Waals surface area contributed by atoms with Crippen LogP contribution in [0.5, 0.6) is 0 Å². The fourth-order valence-electron chi connectivity index (χ4n) is 4.36. The Bertz CT molecular complexity index is 732. The number of aryl methyl sites for hydroxylation is 1. The zero-order valence-corrected chi connectivity index (χ0v) is 15.1. The Balaban J connectivity index is 2.11. The number of hydrogen-bond acceptors (Lipinski definition) is 4. The molecule has 0 spiro atoms. The van der Waals surface area contributed by atoms with Crippen LogP contribution in [0.25, 0.3) is 0 Å². The van der Waals surface area contributed by atoms with Gasteiger partial charge in [-0.25, -0.2) is 4.79 Å². The average Bonchev–Trinajstić information content (AvgIpc) is 3.03. The molecule has 134 valence electrons. The van der Waals surface area contributed by atoms with Crippen molar-refractivity contribution in [2.24, 2.45) is 11.8 Å². The molecule has 2 aliphatic rings. The molecule has 0 radical (unpaired) electrons. The Morgan fingerprint density at radius 1 is 1.24 bits per heavy atom. The highest BCUT2D eigenvalue weighted by molar-refractivity contribution is 6.08. The van der Waals surface area contributed by atoms with Crippen molar-refractivity contribution in [3.05, 3.63) is 35.4 Å².